The lowest BCUT2D eigenvalue weighted by Gasteiger charge is -2.29. The smallest absolute Gasteiger partial charge is 0.252 e. The van der Waals surface area contributed by atoms with Gasteiger partial charge in [0, 0.05) is 4.47 Å². The molecule has 0 aliphatic carbocycles. The summed E-state index contributed by atoms with van der Waals surface area (Å²) >= 11 is 3.13. The van der Waals surface area contributed by atoms with Gasteiger partial charge in [0.1, 0.15) is 5.82 Å². The van der Waals surface area contributed by atoms with Gasteiger partial charge in [0.15, 0.2) is 0 Å². The lowest BCUT2D eigenvalue weighted by molar-refractivity contribution is 0.0708. The molecule has 0 saturated carbocycles. The second-order valence-corrected chi connectivity index (χ2v) is 5.33. The van der Waals surface area contributed by atoms with Crippen LogP contribution >= 0.6 is 15.9 Å². The van der Waals surface area contributed by atoms with E-state index in [0.717, 1.165) is 0 Å². The molecule has 1 rings (SSSR count). The number of carbonyl (C=O) groups is 1. The maximum absolute atomic E-state index is 12.9. The highest BCUT2D eigenvalue weighted by molar-refractivity contribution is 9.10. The predicted molar refractivity (Wildman–Crippen MR) is 67.3 cm³/mol. The van der Waals surface area contributed by atoms with Gasteiger partial charge in [-0.05, 0) is 54.9 Å². The van der Waals surface area contributed by atoms with E-state index < -0.39 is 17.5 Å². The van der Waals surface area contributed by atoms with Crippen LogP contribution in [-0.2, 0) is 0 Å². The number of nitrogens with one attached hydrogen (secondary N) is 1. The second kappa shape index (κ2) is 5.14. The van der Waals surface area contributed by atoms with Gasteiger partial charge in [0.2, 0.25) is 0 Å². The Hall–Kier alpha value is -0.940. The van der Waals surface area contributed by atoms with Gasteiger partial charge in [-0.2, -0.15) is 0 Å². The van der Waals surface area contributed by atoms with Crippen molar-refractivity contribution in [1.82, 2.24) is 5.32 Å². The van der Waals surface area contributed by atoms with Crippen molar-refractivity contribution in [2.45, 2.75) is 32.4 Å². The van der Waals surface area contributed by atoms with Crippen molar-refractivity contribution in [3.63, 3.8) is 0 Å². The Morgan fingerprint density at radius 2 is 2.12 bits per heavy atom. The third kappa shape index (κ3) is 3.51. The average molecular weight is 304 g/mol. The molecule has 0 radical (unpaired) electrons. The van der Waals surface area contributed by atoms with E-state index in [0.29, 0.717) is 10.0 Å². The Morgan fingerprint density at radius 3 is 2.59 bits per heavy atom. The molecule has 2 N–H and O–H groups in total. The van der Waals surface area contributed by atoms with Crippen LogP contribution in [0.4, 0.5) is 4.39 Å². The number of hydrogen-bond acceptors (Lipinski definition) is 2. The van der Waals surface area contributed by atoms with Gasteiger partial charge in [-0.15, -0.1) is 0 Å². The first-order chi connectivity index (χ1) is 7.74. The molecule has 1 amide bonds. The van der Waals surface area contributed by atoms with Crippen LogP contribution in [0.3, 0.4) is 0 Å². The fourth-order valence-electron chi connectivity index (χ4n) is 1.14. The fraction of sp³-hybridized carbons (Fsp3) is 0.417. The summed E-state index contributed by atoms with van der Waals surface area (Å²) in [7, 11) is 0. The zero-order valence-electron chi connectivity index (χ0n) is 9.92. The highest BCUT2D eigenvalue weighted by atomic mass is 79.9. The molecule has 0 spiro atoms. The number of rotatable bonds is 3. The lowest BCUT2D eigenvalue weighted by Crippen LogP contribution is -2.51. The molecule has 94 valence electrons. The summed E-state index contributed by atoms with van der Waals surface area (Å²) in [5.74, 6) is -0.772. The van der Waals surface area contributed by atoms with Crippen molar-refractivity contribution in [2.75, 3.05) is 0 Å². The van der Waals surface area contributed by atoms with Crippen LogP contribution in [-0.4, -0.2) is 22.7 Å². The zero-order chi connectivity index (χ0) is 13.2. The molecule has 17 heavy (non-hydrogen) atoms. The number of amides is 1. The number of carbonyl (C=O) groups excluding carboxylic acids is 1. The van der Waals surface area contributed by atoms with Gasteiger partial charge in [-0.1, -0.05) is 0 Å². The van der Waals surface area contributed by atoms with Crippen LogP contribution in [0.25, 0.3) is 0 Å². The van der Waals surface area contributed by atoms with E-state index in [9.17, 15) is 14.3 Å². The van der Waals surface area contributed by atoms with Crippen molar-refractivity contribution in [3.05, 3.63) is 34.1 Å². The van der Waals surface area contributed by atoms with Crippen LogP contribution < -0.4 is 5.32 Å². The zero-order valence-corrected chi connectivity index (χ0v) is 11.5. The summed E-state index contributed by atoms with van der Waals surface area (Å²) in [6.07, 6.45) is -0.689. The SMILES string of the molecule is CC(O)C(C)(C)NC(=O)c1ccc(F)cc1Br. The molecule has 0 aliphatic rings. The molecule has 1 aromatic rings. The Morgan fingerprint density at radius 1 is 1.53 bits per heavy atom. The topological polar surface area (TPSA) is 49.3 Å². The molecule has 3 nitrogen and oxygen atoms in total. The van der Waals surface area contributed by atoms with Gasteiger partial charge in [-0.3, -0.25) is 4.79 Å². The molecule has 0 saturated heterocycles. The summed E-state index contributed by atoms with van der Waals surface area (Å²) in [5, 5.41) is 12.2. The molecule has 1 aromatic carbocycles. The number of aliphatic hydroxyl groups is 1. The molecule has 0 fully saturated rings. The van der Waals surface area contributed by atoms with Crippen molar-refractivity contribution in [1.29, 1.82) is 0 Å². The molecular formula is C12H15BrFNO2. The van der Waals surface area contributed by atoms with Gasteiger partial charge in [0.25, 0.3) is 5.91 Å². The molecule has 1 unspecified atom stereocenters. The monoisotopic (exact) mass is 303 g/mol. The summed E-state index contributed by atoms with van der Waals surface area (Å²) < 4.78 is 13.3. The number of halogens is 2. The molecule has 0 aromatic heterocycles. The quantitative estimate of drug-likeness (QED) is 0.901. The van der Waals surface area contributed by atoms with E-state index >= 15 is 0 Å². The van der Waals surface area contributed by atoms with Crippen molar-refractivity contribution < 1.29 is 14.3 Å². The molecule has 1 atom stereocenters. The van der Waals surface area contributed by atoms with Gasteiger partial charge in [-0.25, -0.2) is 4.39 Å². The maximum Gasteiger partial charge on any atom is 0.252 e. The predicted octanol–water partition coefficient (Wildman–Crippen LogP) is 2.48. The Bertz CT molecular complexity index is 433. The van der Waals surface area contributed by atoms with Crippen LogP contribution in [0.5, 0.6) is 0 Å². The van der Waals surface area contributed by atoms with Crippen molar-refractivity contribution in [3.8, 4) is 0 Å². The van der Waals surface area contributed by atoms with E-state index in [1.165, 1.54) is 18.2 Å². The van der Waals surface area contributed by atoms with Crippen LogP contribution in [0.1, 0.15) is 31.1 Å². The third-order valence-electron chi connectivity index (χ3n) is 2.66. The molecule has 5 heteroatoms. The number of aliphatic hydroxyl groups excluding tert-OH is 1. The van der Waals surface area contributed by atoms with Crippen LogP contribution in [0.15, 0.2) is 22.7 Å². The maximum atomic E-state index is 12.9. The first-order valence-electron chi connectivity index (χ1n) is 5.19. The fourth-order valence-corrected chi connectivity index (χ4v) is 1.67. The standard InChI is InChI=1S/C12H15BrFNO2/c1-7(16)12(2,3)15-11(17)9-5-4-8(14)6-10(9)13/h4-7,16H,1-3H3,(H,15,17). The normalized spacial score (nSPS) is 13.3. The molecule has 0 aliphatic heterocycles. The van der Waals surface area contributed by atoms with Crippen LogP contribution in [0, 0.1) is 5.82 Å². The Balaban J connectivity index is 2.91. The first kappa shape index (κ1) is 14.1. The van der Waals surface area contributed by atoms with E-state index in [4.69, 9.17) is 0 Å². The van der Waals surface area contributed by atoms with Gasteiger partial charge in [0.05, 0.1) is 17.2 Å². The minimum atomic E-state index is -0.745. The summed E-state index contributed by atoms with van der Waals surface area (Å²) in [4.78, 5) is 11.9. The minimum Gasteiger partial charge on any atom is -0.391 e. The lowest BCUT2D eigenvalue weighted by atomic mass is 9.98. The Labute approximate surface area is 108 Å². The van der Waals surface area contributed by atoms with Crippen LogP contribution in [0.2, 0.25) is 0 Å². The van der Waals surface area contributed by atoms with Crippen molar-refractivity contribution in [2.24, 2.45) is 0 Å². The molecular weight excluding hydrogens is 289 g/mol. The summed E-state index contributed by atoms with van der Waals surface area (Å²) in [6.45, 7) is 5.03. The number of benzene rings is 1. The molecule has 0 bridgehead atoms. The number of hydrogen-bond donors (Lipinski definition) is 2. The second-order valence-electron chi connectivity index (χ2n) is 4.48. The molecule has 0 heterocycles. The highest BCUT2D eigenvalue weighted by Gasteiger charge is 2.27. The first-order valence-corrected chi connectivity index (χ1v) is 5.99. The summed E-state index contributed by atoms with van der Waals surface area (Å²) in [5.41, 5.74) is -0.412. The van der Waals surface area contributed by atoms with E-state index in [2.05, 4.69) is 21.2 Å². The highest BCUT2D eigenvalue weighted by Crippen LogP contribution is 2.19. The van der Waals surface area contributed by atoms with Gasteiger partial charge >= 0.3 is 0 Å². The minimum absolute atomic E-state index is 0.333. The van der Waals surface area contributed by atoms with E-state index in [1.807, 2.05) is 0 Å². The summed E-state index contributed by atoms with van der Waals surface area (Å²) in [6, 6.07) is 3.84. The van der Waals surface area contributed by atoms with Crippen molar-refractivity contribution >= 4 is 21.8 Å². The Kier molecular flexibility index (Phi) is 4.27. The van der Waals surface area contributed by atoms with E-state index in [-0.39, 0.29) is 5.91 Å². The third-order valence-corrected chi connectivity index (χ3v) is 3.31. The van der Waals surface area contributed by atoms with Gasteiger partial charge < -0.3 is 10.4 Å². The van der Waals surface area contributed by atoms with E-state index in [1.54, 1.807) is 20.8 Å². The largest absolute Gasteiger partial charge is 0.391 e. The average Bonchev–Trinajstić information content (AvgIpc) is 2.15.